The predicted octanol–water partition coefficient (Wildman–Crippen LogP) is 3.25. The number of amides is 1. The summed E-state index contributed by atoms with van der Waals surface area (Å²) in [6, 6.07) is 14.7. The lowest BCUT2D eigenvalue weighted by Crippen LogP contribution is -2.45. The van der Waals surface area contributed by atoms with Crippen LogP contribution in [0, 0.1) is 5.82 Å². The molecule has 0 saturated carbocycles. The number of fused-ring (bicyclic) bond motifs is 1. The zero-order chi connectivity index (χ0) is 16.7. The highest BCUT2D eigenvalue weighted by atomic mass is 19.1. The molecule has 1 N–H and O–H groups in total. The van der Waals surface area contributed by atoms with Crippen molar-refractivity contribution in [2.75, 3.05) is 6.54 Å². The van der Waals surface area contributed by atoms with Gasteiger partial charge in [0.2, 0.25) is 5.56 Å². The maximum absolute atomic E-state index is 13.1. The number of para-hydroxylation sites is 1. The average Bonchev–Trinajstić information content (AvgIpc) is 2.55. The SMILES string of the molecule is O=C(c1cc(=O)[nH]c2ccccc12)N1CCC1c1ccc(F)cc1. The van der Waals surface area contributed by atoms with E-state index in [-0.39, 0.29) is 23.3 Å². The van der Waals surface area contributed by atoms with Crippen LogP contribution in [0.25, 0.3) is 10.9 Å². The summed E-state index contributed by atoms with van der Waals surface area (Å²) in [7, 11) is 0. The molecule has 0 spiro atoms. The van der Waals surface area contributed by atoms with Crippen molar-refractivity contribution >= 4 is 16.8 Å². The quantitative estimate of drug-likeness (QED) is 0.787. The molecule has 4 nitrogen and oxygen atoms in total. The van der Waals surface area contributed by atoms with Crippen molar-refractivity contribution in [1.82, 2.24) is 9.88 Å². The van der Waals surface area contributed by atoms with Gasteiger partial charge in [0.1, 0.15) is 5.82 Å². The van der Waals surface area contributed by atoms with Crippen LogP contribution in [0.15, 0.2) is 59.4 Å². The Morgan fingerprint density at radius 2 is 1.88 bits per heavy atom. The normalized spacial score (nSPS) is 16.9. The molecule has 0 bridgehead atoms. The van der Waals surface area contributed by atoms with Crippen molar-refractivity contribution in [3.8, 4) is 0 Å². The molecule has 1 amide bonds. The van der Waals surface area contributed by atoms with Crippen LogP contribution in [0.4, 0.5) is 4.39 Å². The van der Waals surface area contributed by atoms with E-state index in [1.807, 2.05) is 18.2 Å². The zero-order valence-corrected chi connectivity index (χ0v) is 12.8. The maximum Gasteiger partial charge on any atom is 0.255 e. The number of hydrogen-bond donors (Lipinski definition) is 1. The minimum absolute atomic E-state index is 0.0730. The van der Waals surface area contributed by atoms with Crippen molar-refractivity contribution in [1.29, 1.82) is 0 Å². The van der Waals surface area contributed by atoms with Gasteiger partial charge in [0.05, 0.1) is 11.6 Å². The summed E-state index contributed by atoms with van der Waals surface area (Å²) in [5.41, 5.74) is 1.66. The third kappa shape index (κ3) is 2.38. The van der Waals surface area contributed by atoms with Gasteiger partial charge in [0, 0.05) is 23.5 Å². The highest BCUT2D eigenvalue weighted by Gasteiger charge is 2.34. The van der Waals surface area contributed by atoms with Crippen LogP contribution in [-0.2, 0) is 0 Å². The van der Waals surface area contributed by atoms with Crippen molar-refractivity contribution in [2.45, 2.75) is 12.5 Å². The molecule has 1 fully saturated rings. The Morgan fingerprint density at radius 1 is 1.12 bits per heavy atom. The van der Waals surface area contributed by atoms with Crippen molar-refractivity contribution < 1.29 is 9.18 Å². The average molecular weight is 322 g/mol. The minimum Gasteiger partial charge on any atom is -0.331 e. The smallest absolute Gasteiger partial charge is 0.255 e. The number of benzene rings is 2. The number of carbonyl (C=O) groups is 1. The maximum atomic E-state index is 13.1. The lowest BCUT2D eigenvalue weighted by molar-refractivity contribution is 0.0462. The lowest BCUT2D eigenvalue weighted by Gasteiger charge is -2.41. The second kappa shape index (κ2) is 5.60. The molecule has 1 saturated heterocycles. The first kappa shape index (κ1) is 14.6. The first-order valence-electron chi connectivity index (χ1n) is 7.82. The summed E-state index contributed by atoms with van der Waals surface area (Å²) in [5.74, 6) is -0.464. The standard InChI is InChI=1S/C19H15FN2O2/c20-13-7-5-12(6-8-13)17-9-10-22(17)19(24)15-11-18(23)21-16-4-2-1-3-14(15)16/h1-8,11,17H,9-10H2,(H,21,23). The Hall–Kier alpha value is -2.95. The summed E-state index contributed by atoms with van der Waals surface area (Å²) in [5, 5.41) is 0.729. The number of nitrogens with one attached hydrogen (secondary N) is 1. The molecule has 120 valence electrons. The van der Waals surface area contributed by atoms with Gasteiger partial charge < -0.3 is 9.88 Å². The first-order valence-corrected chi connectivity index (χ1v) is 7.82. The second-order valence-corrected chi connectivity index (χ2v) is 5.95. The van der Waals surface area contributed by atoms with E-state index >= 15 is 0 Å². The van der Waals surface area contributed by atoms with Gasteiger partial charge in [0.15, 0.2) is 0 Å². The van der Waals surface area contributed by atoms with E-state index < -0.39 is 0 Å². The van der Waals surface area contributed by atoms with Gasteiger partial charge >= 0.3 is 0 Å². The van der Waals surface area contributed by atoms with E-state index in [2.05, 4.69) is 4.98 Å². The number of aromatic amines is 1. The number of aromatic nitrogens is 1. The van der Waals surface area contributed by atoms with Crippen LogP contribution in [0.3, 0.4) is 0 Å². The molecule has 1 aliphatic heterocycles. The third-order valence-electron chi connectivity index (χ3n) is 4.52. The molecular weight excluding hydrogens is 307 g/mol. The number of nitrogens with zero attached hydrogens (tertiary/aromatic N) is 1. The monoisotopic (exact) mass is 322 g/mol. The number of carbonyl (C=O) groups excluding carboxylic acids is 1. The van der Waals surface area contributed by atoms with E-state index in [0.29, 0.717) is 17.6 Å². The topological polar surface area (TPSA) is 53.2 Å². The molecule has 3 aromatic rings. The van der Waals surface area contributed by atoms with Crippen LogP contribution in [0.5, 0.6) is 0 Å². The molecule has 0 aliphatic carbocycles. The summed E-state index contributed by atoms with van der Waals surface area (Å²) < 4.78 is 13.1. The molecule has 0 radical (unpaired) electrons. The van der Waals surface area contributed by atoms with Gasteiger partial charge in [0.25, 0.3) is 5.91 Å². The Morgan fingerprint density at radius 3 is 2.58 bits per heavy atom. The van der Waals surface area contributed by atoms with Gasteiger partial charge in [-0.15, -0.1) is 0 Å². The van der Waals surface area contributed by atoms with Gasteiger partial charge in [-0.05, 0) is 30.2 Å². The Labute approximate surface area is 137 Å². The number of halogens is 1. The molecular formula is C19H15FN2O2. The van der Waals surface area contributed by atoms with Crippen molar-refractivity contribution in [3.63, 3.8) is 0 Å². The predicted molar refractivity (Wildman–Crippen MR) is 89.4 cm³/mol. The summed E-state index contributed by atoms with van der Waals surface area (Å²) >= 11 is 0. The Balaban J connectivity index is 1.72. The van der Waals surface area contributed by atoms with Gasteiger partial charge in [-0.2, -0.15) is 0 Å². The molecule has 24 heavy (non-hydrogen) atoms. The molecule has 2 aromatic carbocycles. The van der Waals surface area contributed by atoms with E-state index in [0.717, 1.165) is 17.4 Å². The fourth-order valence-electron chi connectivity index (χ4n) is 3.20. The summed E-state index contributed by atoms with van der Waals surface area (Å²) in [6.07, 6.45) is 0.832. The van der Waals surface area contributed by atoms with Crippen LogP contribution >= 0.6 is 0 Å². The highest BCUT2D eigenvalue weighted by molar-refractivity contribution is 6.06. The Bertz CT molecular complexity index is 979. The number of pyridine rings is 1. The Kier molecular flexibility index (Phi) is 3.41. The number of hydrogen-bond acceptors (Lipinski definition) is 2. The molecule has 1 atom stereocenters. The molecule has 2 heterocycles. The van der Waals surface area contributed by atoms with Crippen molar-refractivity contribution in [3.05, 3.63) is 81.9 Å². The van der Waals surface area contributed by atoms with Gasteiger partial charge in [-0.3, -0.25) is 9.59 Å². The van der Waals surface area contributed by atoms with Crippen LogP contribution in [-0.4, -0.2) is 22.3 Å². The van der Waals surface area contributed by atoms with Gasteiger partial charge in [-0.25, -0.2) is 4.39 Å². The minimum atomic E-state index is -0.295. The van der Waals surface area contributed by atoms with E-state index in [1.54, 1.807) is 23.1 Å². The van der Waals surface area contributed by atoms with Crippen LogP contribution < -0.4 is 5.56 Å². The highest BCUT2D eigenvalue weighted by Crippen LogP contribution is 2.35. The van der Waals surface area contributed by atoms with Crippen molar-refractivity contribution in [2.24, 2.45) is 0 Å². The second-order valence-electron chi connectivity index (χ2n) is 5.95. The van der Waals surface area contributed by atoms with Crippen LogP contribution in [0.2, 0.25) is 0 Å². The van der Waals surface area contributed by atoms with E-state index in [9.17, 15) is 14.0 Å². The first-order chi connectivity index (χ1) is 11.6. The summed E-state index contributed by atoms with van der Waals surface area (Å²) in [4.78, 5) is 29.3. The molecule has 1 aromatic heterocycles. The zero-order valence-electron chi connectivity index (χ0n) is 12.8. The lowest BCUT2D eigenvalue weighted by atomic mass is 9.93. The van der Waals surface area contributed by atoms with E-state index in [1.165, 1.54) is 18.2 Å². The largest absolute Gasteiger partial charge is 0.331 e. The fraction of sp³-hybridized carbons (Fsp3) is 0.158. The van der Waals surface area contributed by atoms with Gasteiger partial charge in [-0.1, -0.05) is 30.3 Å². The molecule has 5 heteroatoms. The number of rotatable bonds is 2. The van der Waals surface area contributed by atoms with Crippen LogP contribution in [0.1, 0.15) is 28.4 Å². The third-order valence-corrected chi connectivity index (χ3v) is 4.52. The molecule has 1 unspecified atom stereocenters. The molecule has 1 aliphatic rings. The fourth-order valence-corrected chi connectivity index (χ4v) is 3.20. The number of likely N-dealkylation sites (tertiary alicyclic amines) is 1. The molecule has 4 rings (SSSR count). The summed E-state index contributed by atoms with van der Waals surface area (Å²) in [6.45, 7) is 0.627. The van der Waals surface area contributed by atoms with E-state index in [4.69, 9.17) is 0 Å². The number of H-pyrrole nitrogens is 1.